The van der Waals surface area contributed by atoms with Crippen LogP contribution >= 0.6 is 23.2 Å². The Kier molecular flexibility index (Phi) is 4.10. The van der Waals surface area contributed by atoms with Gasteiger partial charge in [-0.1, -0.05) is 53.5 Å². The molecule has 2 aromatic carbocycles. The van der Waals surface area contributed by atoms with Crippen molar-refractivity contribution in [1.82, 2.24) is 9.97 Å². The Labute approximate surface area is 136 Å². The summed E-state index contributed by atoms with van der Waals surface area (Å²) in [5, 5.41) is 10.0. The summed E-state index contributed by atoms with van der Waals surface area (Å²) in [4.78, 5) is 8.50. The smallest absolute Gasteiger partial charge is 0.252 e. The van der Waals surface area contributed by atoms with Crippen LogP contribution in [0.2, 0.25) is 10.0 Å². The monoisotopic (exact) mass is 329 g/mol. The van der Waals surface area contributed by atoms with Crippen molar-refractivity contribution in [3.8, 4) is 11.9 Å². The molecule has 1 aromatic heterocycles. The van der Waals surface area contributed by atoms with Gasteiger partial charge < -0.3 is 4.74 Å². The maximum absolute atomic E-state index is 9.23. The molecule has 6 heteroatoms. The summed E-state index contributed by atoms with van der Waals surface area (Å²) >= 11 is 12.2. The maximum atomic E-state index is 9.23. The lowest BCUT2D eigenvalue weighted by Gasteiger charge is -2.09. The van der Waals surface area contributed by atoms with Crippen LogP contribution in [0.1, 0.15) is 11.3 Å². The number of rotatable bonds is 3. The number of aromatic nitrogens is 2. The van der Waals surface area contributed by atoms with Gasteiger partial charge in [-0.15, -0.1) is 0 Å². The van der Waals surface area contributed by atoms with E-state index < -0.39 is 0 Å². The molecule has 0 atom stereocenters. The van der Waals surface area contributed by atoms with Gasteiger partial charge >= 0.3 is 0 Å². The molecule has 0 aliphatic heterocycles. The number of nitrogens with zero attached hydrogens (tertiary/aromatic N) is 3. The second kappa shape index (κ2) is 6.18. The average molecular weight is 330 g/mol. The second-order valence-electron chi connectivity index (χ2n) is 4.49. The number of halogens is 2. The Bertz CT molecular complexity index is 876. The summed E-state index contributed by atoms with van der Waals surface area (Å²) in [6, 6.07) is 14.8. The largest absolute Gasteiger partial charge is 0.471 e. The van der Waals surface area contributed by atoms with Gasteiger partial charge in [0.05, 0.1) is 10.0 Å². The van der Waals surface area contributed by atoms with Gasteiger partial charge in [-0.05, 0) is 17.7 Å². The topological polar surface area (TPSA) is 58.8 Å². The van der Waals surface area contributed by atoms with Gasteiger partial charge in [0.15, 0.2) is 0 Å². The number of benzene rings is 2. The highest BCUT2D eigenvalue weighted by molar-refractivity contribution is 6.39. The molecule has 0 fully saturated rings. The van der Waals surface area contributed by atoms with Crippen LogP contribution in [0.15, 0.2) is 42.5 Å². The van der Waals surface area contributed by atoms with Crippen LogP contribution in [0.4, 0.5) is 0 Å². The molecule has 0 bridgehead atoms. The van der Waals surface area contributed by atoms with Crippen molar-refractivity contribution in [2.24, 2.45) is 0 Å². The first-order chi connectivity index (χ1) is 10.7. The maximum Gasteiger partial charge on any atom is 0.252 e. The van der Waals surface area contributed by atoms with Crippen molar-refractivity contribution >= 4 is 34.2 Å². The number of fused-ring (bicyclic) bond motifs is 1. The molecule has 3 aromatic rings. The molecule has 4 nitrogen and oxygen atoms in total. The molecule has 0 aliphatic rings. The molecule has 1 heterocycles. The highest BCUT2D eigenvalue weighted by Crippen LogP contribution is 2.29. The zero-order chi connectivity index (χ0) is 15.5. The van der Waals surface area contributed by atoms with Crippen molar-refractivity contribution in [3.63, 3.8) is 0 Å². The predicted molar refractivity (Wildman–Crippen MR) is 85.0 cm³/mol. The van der Waals surface area contributed by atoms with E-state index in [4.69, 9.17) is 27.9 Å². The van der Waals surface area contributed by atoms with Crippen LogP contribution in [-0.2, 0) is 6.61 Å². The molecule has 0 saturated carbocycles. The van der Waals surface area contributed by atoms with Gasteiger partial charge in [-0.3, -0.25) is 0 Å². The van der Waals surface area contributed by atoms with E-state index in [0.717, 1.165) is 5.56 Å². The number of ether oxygens (including phenoxy) is 1. The van der Waals surface area contributed by atoms with Crippen molar-refractivity contribution in [2.45, 2.75) is 6.61 Å². The summed E-state index contributed by atoms with van der Waals surface area (Å²) in [7, 11) is 0. The van der Waals surface area contributed by atoms with Crippen LogP contribution in [0.25, 0.3) is 11.0 Å². The van der Waals surface area contributed by atoms with Gasteiger partial charge in [0.1, 0.15) is 23.7 Å². The first-order valence-corrected chi connectivity index (χ1v) is 7.17. The van der Waals surface area contributed by atoms with Crippen molar-refractivity contribution in [3.05, 3.63) is 63.8 Å². The quantitative estimate of drug-likeness (QED) is 0.715. The van der Waals surface area contributed by atoms with Gasteiger partial charge in [0, 0.05) is 0 Å². The molecule has 0 saturated heterocycles. The van der Waals surface area contributed by atoms with E-state index in [1.165, 1.54) is 0 Å². The fourth-order valence-corrected chi connectivity index (χ4v) is 2.35. The summed E-state index contributed by atoms with van der Waals surface area (Å²) < 4.78 is 5.62. The van der Waals surface area contributed by atoms with E-state index in [1.807, 2.05) is 36.4 Å². The second-order valence-corrected chi connectivity index (χ2v) is 5.30. The Balaban J connectivity index is 2.02. The first-order valence-electron chi connectivity index (χ1n) is 6.41. The van der Waals surface area contributed by atoms with E-state index in [0.29, 0.717) is 21.1 Å². The van der Waals surface area contributed by atoms with E-state index in [1.54, 1.807) is 12.1 Å². The molecule has 0 radical (unpaired) electrons. The van der Waals surface area contributed by atoms with Crippen molar-refractivity contribution < 1.29 is 4.74 Å². The van der Waals surface area contributed by atoms with Crippen LogP contribution in [0.3, 0.4) is 0 Å². The van der Waals surface area contributed by atoms with Gasteiger partial charge in [-0.2, -0.15) is 5.26 Å². The van der Waals surface area contributed by atoms with Crippen molar-refractivity contribution in [1.29, 1.82) is 5.26 Å². The zero-order valence-electron chi connectivity index (χ0n) is 11.3. The van der Waals surface area contributed by atoms with Crippen LogP contribution in [0, 0.1) is 11.3 Å². The van der Waals surface area contributed by atoms with Gasteiger partial charge in [-0.25, -0.2) is 9.97 Å². The summed E-state index contributed by atoms with van der Waals surface area (Å²) in [5.74, 6) is 0.142. The minimum Gasteiger partial charge on any atom is -0.471 e. The SMILES string of the molecule is N#Cc1nc2c(Cl)ccc(Cl)c2nc1OCc1ccccc1. The van der Waals surface area contributed by atoms with E-state index in [9.17, 15) is 5.26 Å². The molecular formula is C16H9Cl2N3O. The molecule has 0 N–H and O–H groups in total. The van der Waals surface area contributed by atoms with Gasteiger partial charge in [0.25, 0.3) is 5.88 Å². The van der Waals surface area contributed by atoms with Crippen molar-refractivity contribution in [2.75, 3.05) is 0 Å². The van der Waals surface area contributed by atoms with E-state index in [2.05, 4.69) is 9.97 Å². The minimum absolute atomic E-state index is 0.0765. The lowest BCUT2D eigenvalue weighted by molar-refractivity contribution is 0.292. The number of hydrogen-bond acceptors (Lipinski definition) is 4. The van der Waals surface area contributed by atoms with E-state index in [-0.39, 0.29) is 18.2 Å². The predicted octanol–water partition coefficient (Wildman–Crippen LogP) is 4.39. The standard InChI is InChI=1S/C16H9Cl2N3O/c17-11-6-7-12(18)15-14(11)20-13(8-19)16(21-15)22-9-10-4-2-1-3-5-10/h1-7H,9H2. The molecule has 0 amide bonds. The highest BCUT2D eigenvalue weighted by Gasteiger charge is 2.14. The minimum atomic E-state index is 0.0765. The fourth-order valence-electron chi connectivity index (χ4n) is 1.96. The molecular weight excluding hydrogens is 321 g/mol. The third-order valence-electron chi connectivity index (χ3n) is 3.02. The lowest BCUT2D eigenvalue weighted by Crippen LogP contribution is -2.02. The van der Waals surface area contributed by atoms with Crippen LogP contribution in [-0.4, -0.2) is 9.97 Å². The molecule has 0 unspecified atom stereocenters. The molecule has 0 aliphatic carbocycles. The Morgan fingerprint density at radius 1 is 0.955 bits per heavy atom. The molecule has 108 valence electrons. The normalized spacial score (nSPS) is 10.4. The average Bonchev–Trinajstić information content (AvgIpc) is 2.56. The third kappa shape index (κ3) is 2.82. The van der Waals surface area contributed by atoms with Gasteiger partial charge in [0.2, 0.25) is 5.69 Å². The van der Waals surface area contributed by atoms with Crippen LogP contribution < -0.4 is 4.74 Å². The number of hydrogen-bond donors (Lipinski definition) is 0. The first kappa shape index (κ1) is 14.6. The van der Waals surface area contributed by atoms with Crippen LogP contribution in [0.5, 0.6) is 5.88 Å². The molecule has 3 rings (SSSR count). The third-order valence-corrected chi connectivity index (χ3v) is 3.63. The molecule has 0 spiro atoms. The number of nitriles is 1. The lowest BCUT2D eigenvalue weighted by atomic mass is 10.2. The van der Waals surface area contributed by atoms with E-state index >= 15 is 0 Å². The summed E-state index contributed by atoms with van der Waals surface area (Å²) in [6.07, 6.45) is 0. The Morgan fingerprint density at radius 2 is 1.59 bits per heavy atom. The Hall–Kier alpha value is -2.35. The Morgan fingerprint density at radius 3 is 2.23 bits per heavy atom. The highest BCUT2D eigenvalue weighted by atomic mass is 35.5. The summed E-state index contributed by atoms with van der Waals surface area (Å²) in [6.45, 7) is 0.286. The molecule has 22 heavy (non-hydrogen) atoms. The zero-order valence-corrected chi connectivity index (χ0v) is 12.8. The summed E-state index contributed by atoms with van der Waals surface area (Å²) in [5.41, 5.74) is 1.84. The fraction of sp³-hybridized carbons (Fsp3) is 0.0625.